The number of hydrogen-bond donors (Lipinski definition) is 0. The number of rotatable bonds is 2. The average Bonchev–Trinajstić information content (AvgIpc) is 2.41. The van der Waals surface area contributed by atoms with Crippen molar-refractivity contribution in [2.45, 2.75) is 44.1 Å². The average molecular weight is 264 g/mol. The summed E-state index contributed by atoms with van der Waals surface area (Å²) in [5, 5.41) is 10.4. The number of nitriles is 1. The summed E-state index contributed by atoms with van der Waals surface area (Å²) < 4.78 is 5.44. The Morgan fingerprint density at radius 2 is 2.28 bits per heavy atom. The molecule has 2 nitrogen and oxygen atoms in total. The van der Waals surface area contributed by atoms with Gasteiger partial charge in [-0.15, -0.1) is 0 Å². The highest BCUT2D eigenvalue weighted by Gasteiger charge is 2.38. The zero-order valence-corrected chi connectivity index (χ0v) is 11.6. The second-order valence-electron chi connectivity index (χ2n) is 5.11. The monoisotopic (exact) mass is 263 g/mol. The Labute approximate surface area is 114 Å². The molecule has 1 unspecified atom stereocenters. The smallest absolute Gasteiger partial charge is 0.0847 e. The predicted molar refractivity (Wildman–Crippen MR) is 72.7 cm³/mol. The van der Waals surface area contributed by atoms with E-state index >= 15 is 0 Å². The lowest BCUT2D eigenvalue weighted by atomic mass is 9.69. The number of hydrogen-bond acceptors (Lipinski definition) is 2. The fourth-order valence-corrected chi connectivity index (χ4v) is 2.92. The Hall–Kier alpha value is -1.04. The minimum atomic E-state index is -0.434. The van der Waals surface area contributed by atoms with Crippen LogP contribution in [-0.4, -0.2) is 13.2 Å². The van der Waals surface area contributed by atoms with Crippen molar-refractivity contribution in [1.82, 2.24) is 0 Å². The van der Waals surface area contributed by atoms with Crippen molar-refractivity contribution < 1.29 is 4.74 Å². The van der Waals surface area contributed by atoms with Gasteiger partial charge < -0.3 is 4.74 Å². The van der Waals surface area contributed by atoms with Crippen LogP contribution in [0.4, 0.5) is 0 Å². The summed E-state index contributed by atoms with van der Waals surface area (Å²) in [6, 6.07) is 8.47. The highest BCUT2D eigenvalue weighted by Crippen LogP contribution is 2.40. The molecule has 2 atom stereocenters. The van der Waals surface area contributed by atoms with Crippen LogP contribution in [0.3, 0.4) is 0 Å². The molecule has 1 fully saturated rings. The molecule has 1 aliphatic carbocycles. The van der Waals surface area contributed by atoms with Gasteiger partial charge in [0.1, 0.15) is 0 Å². The number of aryl methyl sites for hydroxylation is 1. The molecule has 0 heterocycles. The Bertz CT molecular complexity index is 480. The van der Waals surface area contributed by atoms with Gasteiger partial charge in [0, 0.05) is 12.1 Å². The van der Waals surface area contributed by atoms with Gasteiger partial charge in [0.15, 0.2) is 0 Å². The van der Waals surface area contributed by atoms with Gasteiger partial charge in [0.2, 0.25) is 0 Å². The van der Waals surface area contributed by atoms with Crippen LogP contribution in [0.2, 0.25) is 5.02 Å². The molecular weight excluding hydrogens is 246 g/mol. The Balaban J connectivity index is 2.37. The van der Waals surface area contributed by atoms with Crippen LogP contribution in [0.5, 0.6) is 0 Å². The largest absolute Gasteiger partial charge is 0.381 e. The van der Waals surface area contributed by atoms with Gasteiger partial charge in [-0.2, -0.15) is 5.26 Å². The van der Waals surface area contributed by atoms with Crippen molar-refractivity contribution in [1.29, 1.82) is 5.26 Å². The first-order valence-corrected chi connectivity index (χ1v) is 6.70. The van der Waals surface area contributed by atoms with Gasteiger partial charge in [-0.3, -0.25) is 0 Å². The molecule has 1 saturated carbocycles. The molecule has 0 N–H and O–H groups in total. The molecule has 0 aliphatic heterocycles. The molecule has 0 saturated heterocycles. The van der Waals surface area contributed by atoms with E-state index in [0.717, 1.165) is 41.8 Å². The number of halogens is 1. The van der Waals surface area contributed by atoms with E-state index in [1.807, 2.05) is 25.1 Å². The number of benzene rings is 1. The van der Waals surface area contributed by atoms with Gasteiger partial charge in [-0.1, -0.05) is 23.7 Å². The van der Waals surface area contributed by atoms with E-state index < -0.39 is 5.41 Å². The van der Waals surface area contributed by atoms with Crippen LogP contribution < -0.4 is 0 Å². The van der Waals surface area contributed by atoms with Crippen molar-refractivity contribution in [2.24, 2.45) is 0 Å². The molecule has 2 rings (SSSR count). The first-order valence-electron chi connectivity index (χ1n) is 6.32. The van der Waals surface area contributed by atoms with Crippen molar-refractivity contribution >= 4 is 11.6 Å². The Kier molecular flexibility index (Phi) is 3.94. The molecule has 1 aromatic carbocycles. The molecule has 18 heavy (non-hydrogen) atoms. The van der Waals surface area contributed by atoms with Crippen LogP contribution >= 0.6 is 11.6 Å². The SMILES string of the molecule is COC1CCC[C@@](C#N)(c2ccc(C)c(Cl)c2)C1. The maximum atomic E-state index is 9.62. The minimum Gasteiger partial charge on any atom is -0.381 e. The van der Waals surface area contributed by atoms with Crippen molar-refractivity contribution in [3.8, 4) is 6.07 Å². The summed E-state index contributed by atoms with van der Waals surface area (Å²) in [4.78, 5) is 0. The maximum Gasteiger partial charge on any atom is 0.0847 e. The van der Waals surface area contributed by atoms with E-state index in [-0.39, 0.29) is 6.10 Å². The molecule has 1 aromatic rings. The molecule has 0 spiro atoms. The minimum absolute atomic E-state index is 0.179. The van der Waals surface area contributed by atoms with Crippen LogP contribution in [0.15, 0.2) is 18.2 Å². The molecule has 0 amide bonds. The lowest BCUT2D eigenvalue weighted by Gasteiger charge is -2.35. The molecule has 1 aliphatic rings. The highest BCUT2D eigenvalue weighted by molar-refractivity contribution is 6.31. The van der Waals surface area contributed by atoms with Gasteiger partial charge in [-0.25, -0.2) is 0 Å². The first-order chi connectivity index (χ1) is 8.61. The normalized spacial score (nSPS) is 27.8. The summed E-state index contributed by atoms with van der Waals surface area (Å²) in [6.45, 7) is 1.98. The molecular formula is C15H18ClNO. The third-order valence-corrected chi connectivity index (χ3v) is 4.38. The molecule has 0 bridgehead atoms. The second kappa shape index (κ2) is 5.30. The van der Waals surface area contributed by atoms with E-state index in [1.165, 1.54) is 0 Å². The summed E-state index contributed by atoms with van der Waals surface area (Å²) in [5.41, 5.74) is 1.64. The predicted octanol–water partition coefficient (Wildman–Crippen LogP) is 4.00. The lowest BCUT2D eigenvalue weighted by Crippen LogP contribution is -2.34. The summed E-state index contributed by atoms with van der Waals surface area (Å²) in [7, 11) is 1.72. The van der Waals surface area contributed by atoms with Gasteiger partial charge in [0.25, 0.3) is 0 Å². The van der Waals surface area contributed by atoms with Crippen LogP contribution in [-0.2, 0) is 10.2 Å². The van der Waals surface area contributed by atoms with Gasteiger partial charge in [0.05, 0.1) is 17.6 Å². The molecule has 96 valence electrons. The molecule has 0 radical (unpaired) electrons. The Morgan fingerprint density at radius 1 is 1.50 bits per heavy atom. The third kappa shape index (κ3) is 2.39. The first kappa shape index (κ1) is 13.4. The van der Waals surface area contributed by atoms with E-state index in [0.29, 0.717) is 0 Å². The third-order valence-electron chi connectivity index (χ3n) is 3.98. The van der Waals surface area contributed by atoms with E-state index in [1.54, 1.807) is 7.11 Å². The van der Waals surface area contributed by atoms with Crippen LogP contribution in [0.1, 0.15) is 36.8 Å². The zero-order chi connectivity index (χ0) is 13.2. The van der Waals surface area contributed by atoms with Crippen molar-refractivity contribution in [2.75, 3.05) is 7.11 Å². The van der Waals surface area contributed by atoms with Crippen LogP contribution in [0, 0.1) is 18.3 Å². The van der Waals surface area contributed by atoms with Gasteiger partial charge in [-0.05, 0) is 49.8 Å². The van der Waals surface area contributed by atoms with Crippen molar-refractivity contribution in [3.63, 3.8) is 0 Å². The second-order valence-corrected chi connectivity index (χ2v) is 5.52. The molecule has 0 aromatic heterocycles. The number of nitrogens with zero attached hydrogens (tertiary/aromatic N) is 1. The fourth-order valence-electron chi connectivity index (χ4n) is 2.74. The van der Waals surface area contributed by atoms with E-state index in [9.17, 15) is 5.26 Å². The van der Waals surface area contributed by atoms with E-state index in [4.69, 9.17) is 16.3 Å². The topological polar surface area (TPSA) is 33.0 Å². The lowest BCUT2D eigenvalue weighted by molar-refractivity contribution is 0.0515. The van der Waals surface area contributed by atoms with E-state index in [2.05, 4.69) is 6.07 Å². The highest BCUT2D eigenvalue weighted by atomic mass is 35.5. The van der Waals surface area contributed by atoms with Gasteiger partial charge >= 0.3 is 0 Å². The maximum absolute atomic E-state index is 9.62. The molecule has 3 heteroatoms. The number of methoxy groups -OCH3 is 1. The Morgan fingerprint density at radius 3 is 2.89 bits per heavy atom. The standard InChI is InChI=1S/C15H18ClNO/c1-11-5-6-12(8-14(11)16)15(10-17)7-3-4-13(9-15)18-2/h5-6,8,13H,3-4,7,9H2,1-2H3/t13?,15-/m1/s1. The number of ether oxygens (including phenoxy) is 1. The fraction of sp³-hybridized carbons (Fsp3) is 0.533. The quantitative estimate of drug-likeness (QED) is 0.808. The summed E-state index contributed by atoms with van der Waals surface area (Å²) in [5.74, 6) is 0. The summed E-state index contributed by atoms with van der Waals surface area (Å²) >= 11 is 6.18. The zero-order valence-electron chi connectivity index (χ0n) is 10.9. The van der Waals surface area contributed by atoms with Crippen LogP contribution in [0.25, 0.3) is 0 Å². The van der Waals surface area contributed by atoms with Crippen molar-refractivity contribution in [3.05, 3.63) is 34.3 Å². The summed E-state index contributed by atoms with van der Waals surface area (Å²) in [6.07, 6.45) is 3.90.